The van der Waals surface area contributed by atoms with E-state index in [0.29, 0.717) is 18.6 Å². The minimum atomic E-state index is -0.850. The molecule has 1 N–H and O–H groups in total. The van der Waals surface area contributed by atoms with Gasteiger partial charge in [0, 0.05) is 24.3 Å². The molecule has 3 rings (SSSR count). The van der Waals surface area contributed by atoms with Crippen LogP contribution in [0.3, 0.4) is 0 Å². The summed E-state index contributed by atoms with van der Waals surface area (Å²) in [6.07, 6.45) is 2.08. The molecule has 1 aliphatic heterocycles. The van der Waals surface area contributed by atoms with E-state index in [4.69, 9.17) is 4.74 Å². The molecule has 1 aromatic carbocycles. The molecule has 164 valence electrons. The SMILES string of the molecule is Cc1nc(C)c(CC(=O)O)c(N2CCC(C)(C)CC2)c1C#CCOCc1ccccc1. The van der Waals surface area contributed by atoms with Crippen molar-refractivity contribution in [3.05, 3.63) is 58.4 Å². The average Bonchev–Trinajstić information content (AvgIpc) is 2.72. The molecular weight excluding hydrogens is 388 g/mol. The maximum atomic E-state index is 11.6. The number of benzene rings is 1. The summed E-state index contributed by atoms with van der Waals surface area (Å²) in [6.45, 7) is 11.0. The van der Waals surface area contributed by atoms with Gasteiger partial charge in [-0.2, -0.15) is 0 Å². The fourth-order valence-electron chi connectivity index (χ4n) is 3.98. The van der Waals surface area contributed by atoms with Crippen LogP contribution in [-0.4, -0.2) is 35.8 Å². The second kappa shape index (κ2) is 9.98. The largest absolute Gasteiger partial charge is 0.481 e. The molecule has 1 fully saturated rings. The van der Waals surface area contributed by atoms with Crippen molar-refractivity contribution in [3.63, 3.8) is 0 Å². The van der Waals surface area contributed by atoms with Crippen molar-refractivity contribution in [1.29, 1.82) is 0 Å². The van der Waals surface area contributed by atoms with Crippen molar-refractivity contribution in [3.8, 4) is 11.8 Å². The summed E-state index contributed by atoms with van der Waals surface area (Å²) in [5, 5.41) is 9.51. The van der Waals surface area contributed by atoms with Crippen molar-refractivity contribution < 1.29 is 14.6 Å². The Hall–Kier alpha value is -2.84. The maximum Gasteiger partial charge on any atom is 0.307 e. The molecular formula is C26H32N2O3. The van der Waals surface area contributed by atoms with Gasteiger partial charge in [0.2, 0.25) is 0 Å². The predicted molar refractivity (Wildman–Crippen MR) is 123 cm³/mol. The first-order chi connectivity index (χ1) is 14.8. The van der Waals surface area contributed by atoms with Crippen LogP contribution < -0.4 is 4.90 Å². The van der Waals surface area contributed by atoms with E-state index in [2.05, 4.69) is 35.6 Å². The van der Waals surface area contributed by atoms with Gasteiger partial charge in [0.15, 0.2) is 0 Å². The Morgan fingerprint density at radius 3 is 2.48 bits per heavy atom. The molecule has 1 aliphatic rings. The van der Waals surface area contributed by atoms with E-state index in [0.717, 1.165) is 59.7 Å². The maximum absolute atomic E-state index is 11.6. The van der Waals surface area contributed by atoms with E-state index in [1.54, 1.807) is 0 Å². The topological polar surface area (TPSA) is 62.7 Å². The molecule has 31 heavy (non-hydrogen) atoms. The first-order valence-corrected chi connectivity index (χ1v) is 10.8. The number of hydrogen-bond donors (Lipinski definition) is 1. The van der Waals surface area contributed by atoms with Crippen molar-refractivity contribution in [1.82, 2.24) is 4.98 Å². The van der Waals surface area contributed by atoms with Gasteiger partial charge in [0.1, 0.15) is 6.61 Å². The Bertz CT molecular complexity index is 977. The Kier molecular flexibility index (Phi) is 7.35. The van der Waals surface area contributed by atoms with Crippen LogP contribution in [-0.2, 0) is 22.6 Å². The van der Waals surface area contributed by atoms with Crippen LogP contribution in [0.25, 0.3) is 0 Å². The highest BCUT2D eigenvalue weighted by Gasteiger charge is 2.29. The lowest BCUT2D eigenvalue weighted by Crippen LogP contribution is -2.38. The summed E-state index contributed by atoms with van der Waals surface area (Å²) in [7, 11) is 0. The fraction of sp³-hybridized carbons (Fsp3) is 0.462. The monoisotopic (exact) mass is 420 g/mol. The number of aryl methyl sites for hydroxylation is 2. The Morgan fingerprint density at radius 1 is 1.16 bits per heavy atom. The number of pyridine rings is 1. The molecule has 0 spiro atoms. The van der Waals surface area contributed by atoms with Crippen LogP contribution in [0, 0.1) is 31.1 Å². The third-order valence-electron chi connectivity index (χ3n) is 5.92. The van der Waals surface area contributed by atoms with Crippen LogP contribution in [0.4, 0.5) is 5.69 Å². The first kappa shape index (κ1) is 22.8. The van der Waals surface area contributed by atoms with Gasteiger partial charge in [-0.3, -0.25) is 9.78 Å². The van der Waals surface area contributed by atoms with Crippen LogP contribution in [0.5, 0.6) is 0 Å². The molecule has 1 aromatic heterocycles. The molecule has 0 unspecified atom stereocenters. The van der Waals surface area contributed by atoms with Gasteiger partial charge in [-0.1, -0.05) is 56.0 Å². The van der Waals surface area contributed by atoms with Crippen LogP contribution >= 0.6 is 0 Å². The second-order valence-corrected chi connectivity index (χ2v) is 8.99. The third-order valence-corrected chi connectivity index (χ3v) is 5.92. The molecule has 5 nitrogen and oxygen atoms in total. The molecule has 2 heterocycles. The summed E-state index contributed by atoms with van der Waals surface area (Å²) in [4.78, 5) is 18.5. The standard InChI is InChI=1S/C26H32N2O3/c1-19-22(11-8-16-31-18-21-9-6-5-7-10-21)25(23(17-24(29)30)20(2)27-19)28-14-12-26(3,4)13-15-28/h5-7,9-10H,12-18H2,1-4H3,(H,29,30). The van der Waals surface area contributed by atoms with Crippen LogP contribution in [0.15, 0.2) is 30.3 Å². The minimum absolute atomic E-state index is 0.0481. The second-order valence-electron chi connectivity index (χ2n) is 8.99. The van der Waals surface area contributed by atoms with Gasteiger partial charge in [0.25, 0.3) is 0 Å². The number of carboxylic acids is 1. The normalized spacial score (nSPS) is 15.3. The number of ether oxygens (including phenoxy) is 1. The number of hydrogen-bond acceptors (Lipinski definition) is 4. The number of carbonyl (C=O) groups is 1. The van der Waals surface area contributed by atoms with E-state index < -0.39 is 5.97 Å². The highest BCUT2D eigenvalue weighted by molar-refractivity contribution is 5.77. The van der Waals surface area contributed by atoms with E-state index in [1.165, 1.54) is 0 Å². The van der Waals surface area contributed by atoms with Gasteiger partial charge in [-0.15, -0.1) is 0 Å². The van der Waals surface area contributed by atoms with Crippen LogP contribution in [0.1, 0.15) is 54.8 Å². The molecule has 0 bridgehead atoms. The Morgan fingerprint density at radius 2 is 1.84 bits per heavy atom. The van der Waals surface area contributed by atoms with Gasteiger partial charge < -0.3 is 14.7 Å². The zero-order valence-corrected chi connectivity index (χ0v) is 19.0. The predicted octanol–water partition coefficient (Wildman–Crippen LogP) is 4.52. The van der Waals surface area contributed by atoms with E-state index >= 15 is 0 Å². The van der Waals surface area contributed by atoms with Gasteiger partial charge in [-0.25, -0.2) is 0 Å². The molecule has 0 atom stereocenters. The quantitative estimate of drug-likeness (QED) is 0.550. The first-order valence-electron chi connectivity index (χ1n) is 10.8. The average molecular weight is 421 g/mol. The molecule has 2 aromatic rings. The summed E-state index contributed by atoms with van der Waals surface area (Å²) in [5.74, 6) is 5.53. The number of aromatic nitrogens is 1. The summed E-state index contributed by atoms with van der Waals surface area (Å²) in [6, 6.07) is 10.0. The number of rotatable bonds is 6. The lowest BCUT2D eigenvalue weighted by molar-refractivity contribution is -0.136. The van der Waals surface area contributed by atoms with Crippen molar-refractivity contribution in [2.24, 2.45) is 5.41 Å². The molecule has 0 radical (unpaired) electrons. The summed E-state index contributed by atoms with van der Waals surface area (Å²) < 4.78 is 5.71. The number of anilines is 1. The minimum Gasteiger partial charge on any atom is -0.481 e. The number of nitrogens with zero attached hydrogens (tertiary/aromatic N) is 2. The lowest BCUT2D eigenvalue weighted by Gasteiger charge is -2.39. The molecule has 0 amide bonds. The summed E-state index contributed by atoms with van der Waals surface area (Å²) >= 11 is 0. The van der Waals surface area contributed by atoms with Crippen LogP contribution in [0.2, 0.25) is 0 Å². The highest BCUT2D eigenvalue weighted by Crippen LogP contribution is 2.36. The zero-order chi connectivity index (χ0) is 22.4. The molecule has 0 aliphatic carbocycles. The van der Waals surface area contributed by atoms with Crippen molar-refractivity contribution >= 4 is 11.7 Å². The van der Waals surface area contributed by atoms with Crippen molar-refractivity contribution in [2.45, 2.75) is 53.6 Å². The fourth-order valence-corrected chi connectivity index (χ4v) is 3.98. The van der Waals surface area contributed by atoms with E-state index in [-0.39, 0.29) is 6.42 Å². The lowest BCUT2D eigenvalue weighted by atomic mass is 9.82. The van der Waals surface area contributed by atoms with E-state index in [1.807, 2.05) is 44.2 Å². The number of carboxylic acid groups (broad SMARTS) is 1. The Balaban J connectivity index is 1.87. The van der Waals surface area contributed by atoms with Gasteiger partial charge in [0.05, 0.1) is 30.0 Å². The highest BCUT2D eigenvalue weighted by atomic mass is 16.5. The number of piperidine rings is 1. The van der Waals surface area contributed by atoms with Crippen molar-refractivity contribution in [2.75, 3.05) is 24.6 Å². The zero-order valence-electron chi connectivity index (χ0n) is 19.0. The van der Waals surface area contributed by atoms with E-state index in [9.17, 15) is 9.90 Å². The summed E-state index contributed by atoms with van der Waals surface area (Å²) in [5.41, 5.74) is 5.55. The molecule has 1 saturated heterocycles. The Labute approximate surface area is 185 Å². The van der Waals surface area contributed by atoms with Gasteiger partial charge >= 0.3 is 5.97 Å². The molecule has 0 saturated carbocycles. The number of aliphatic carboxylic acids is 1. The third kappa shape index (κ3) is 6.08. The molecule has 5 heteroatoms. The van der Waals surface area contributed by atoms with Gasteiger partial charge in [-0.05, 0) is 37.7 Å². The smallest absolute Gasteiger partial charge is 0.307 e.